The molecule has 0 aromatic heterocycles. The molecule has 0 unspecified atom stereocenters. The highest BCUT2D eigenvalue weighted by molar-refractivity contribution is 5.91. The second-order valence-electron chi connectivity index (χ2n) is 12.4. The molecule has 3 saturated carbocycles. The van der Waals surface area contributed by atoms with Crippen molar-refractivity contribution >= 4 is 11.9 Å². The van der Waals surface area contributed by atoms with Crippen LogP contribution in [0.25, 0.3) is 0 Å². The Morgan fingerprint density at radius 3 is 2.41 bits per heavy atom. The Kier molecular flexibility index (Phi) is 5.73. The van der Waals surface area contributed by atoms with Crippen LogP contribution < -0.4 is 0 Å². The van der Waals surface area contributed by atoms with E-state index in [2.05, 4.69) is 46.6 Å². The van der Waals surface area contributed by atoms with Gasteiger partial charge in [0.1, 0.15) is 12.2 Å². The summed E-state index contributed by atoms with van der Waals surface area (Å²) >= 11 is 0. The second kappa shape index (κ2) is 8.24. The first kappa shape index (κ1) is 23.6. The van der Waals surface area contributed by atoms with Gasteiger partial charge in [-0.1, -0.05) is 64.2 Å². The van der Waals surface area contributed by atoms with Crippen molar-refractivity contribution in [1.82, 2.24) is 0 Å². The fourth-order valence-corrected chi connectivity index (χ4v) is 8.06. The lowest BCUT2D eigenvalue weighted by molar-refractivity contribution is -0.142. The van der Waals surface area contributed by atoms with E-state index in [4.69, 9.17) is 9.47 Å². The van der Waals surface area contributed by atoms with Gasteiger partial charge in [0.15, 0.2) is 0 Å². The minimum Gasteiger partial charge on any atom is -0.458 e. The van der Waals surface area contributed by atoms with Gasteiger partial charge in [-0.3, -0.25) is 0 Å². The number of fused-ring (bicyclic) bond motifs is 4. The van der Waals surface area contributed by atoms with Gasteiger partial charge in [0.2, 0.25) is 0 Å². The van der Waals surface area contributed by atoms with Crippen LogP contribution in [0.15, 0.2) is 48.1 Å². The third-order valence-corrected chi connectivity index (χ3v) is 10.1. The molecule has 0 aromatic carbocycles. The van der Waals surface area contributed by atoms with Gasteiger partial charge in [0, 0.05) is 23.0 Å². The number of rotatable bonds is 0. The molecule has 2 saturated heterocycles. The molecule has 0 N–H and O–H groups in total. The number of hydrogen-bond acceptors (Lipinski definition) is 4. The molecule has 0 radical (unpaired) electrons. The quantitative estimate of drug-likeness (QED) is 0.234. The van der Waals surface area contributed by atoms with E-state index < -0.39 is 0 Å². The molecule has 0 bridgehead atoms. The predicted molar refractivity (Wildman–Crippen MR) is 133 cm³/mol. The van der Waals surface area contributed by atoms with Crippen LogP contribution in [-0.4, -0.2) is 24.1 Å². The van der Waals surface area contributed by atoms with Crippen LogP contribution in [0, 0.1) is 34.5 Å². The zero-order valence-electron chi connectivity index (χ0n) is 21.2. The molecular formula is C30H40O4. The monoisotopic (exact) mass is 464 g/mol. The molecule has 2 aliphatic heterocycles. The maximum absolute atomic E-state index is 11.6. The molecule has 4 aliphatic carbocycles. The number of allylic oxidation sites excluding steroid dienone is 2. The zero-order valence-corrected chi connectivity index (χ0v) is 21.2. The molecular weight excluding hydrogens is 424 g/mol. The Balaban J connectivity index is 0.000000142. The molecule has 2 heterocycles. The van der Waals surface area contributed by atoms with Crippen molar-refractivity contribution in [3.8, 4) is 0 Å². The maximum Gasteiger partial charge on any atom is 0.334 e. The van der Waals surface area contributed by atoms with E-state index >= 15 is 0 Å². The fourth-order valence-electron chi connectivity index (χ4n) is 8.06. The van der Waals surface area contributed by atoms with Crippen molar-refractivity contribution in [2.24, 2.45) is 34.5 Å². The first-order valence-electron chi connectivity index (χ1n) is 13.2. The van der Waals surface area contributed by atoms with E-state index in [1.54, 1.807) is 5.57 Å². The summed E-state index contributed by atoms with van der Waals surface area (Å²) in [4.78, 5) is 23.2. The summed E-state index contributed by atoms with van der Waals surface area (Å²) in [5, 5.41) is 0. The van der Waals surface area contributed by atoms with Crippen LogP contribution in [0.5, 0.6) is 0 Å². The normalized spacial score (nSPS) is 45.0. The highest BCUT2D eigenvalue weighted by Crippen LogP contribution is 2.57. The number of ether oxygens (including phenoxy) is 2. The van der Waals surface area contributed by atoms with Crippen molar-refractivity contribution in [2.75, 3.05) is 0 Å². The minimum atomic E-state index is -0.188. The number of esters is 2. The fraction of sp³-hybridized carbons (Fsp3) is 0.667. The molecule has 4 nitrogen and oxygen atoms in total. The van der Waals surface area contributed by atoms with Crippen LogP contribution in [0.2, 0.25) is 0 Å². The Bertz CT molecular complexity index is 988. The van der Waals surface area contributed by atoms with Gasteiger partial charge in [-0.05, 0) is 74.0 Å². The summed E-state index contributed by atoms with van der Waals surface area (Å²) in [5.74, 6) is 1.24. The maximum atomic E-state index is 11.6. The molecule has 6 aliphatic rings. The molecule has 0 amide bonds. The van der Waals surface area contributed by atoms with Gasteiger partial charge in [-0.15, -0.1) is 0 Å². The first-order valence-corrected chi connectivity index (χ1v) is 13.2. The first-order chi connectivity index (χ1) is 16.0. The van der Waals surface area contributed by atoms with Gasteiger partial charge in [-0.25, -0.2) is 9.59 Å². The van der Waals surface area contributed by atoms with E-state index in [-0.39, 0.29) is 41.4 Å². The van der Waals surface area contributed by atoms with Gasteiger partial charge in [0.25, 0.3) is 0 Å². The van der Waals surface area contributed by atoms with Crippen molar-refractivity contribution in [3.63, 3.8) is 0 Å². The summed E-state index contributed by atoms with van der Waals surface area (Å²) in [6, 6.07) is 0. The summed E-state index contributed by atoms with van der Waals surface area (Å²) < 4.78 is 10.9. The number of carbonyl (C=O) groups is 2. The minimum absolute atomic E-state index is 0.0500. The number of hydrogen-bond donors (Lipinski definition) is 0. The van der Waals surface area contributed by atoms with E-state index in [1.807, 2.05) is 0 Å². The second-order valence-corrected chi connectivity index (χ2v) is 12.4. The van der Waals surface area contributed by atoms with Gasteiger partial charge in [0.05, 0.1) is 0 Å². The topological polar surface area (TPSA) is 52.6 Å². The van der Waals surface area contributed by atoms with Crippen LogP contribution in [0.4, 0.5) is 0 Å². The SMILES string of the molecule is C=C1C(=O)O[C@@H]2C[C@@]3(C)CCCC(=C)[C@@H]3C[C@H]12.C=C1C(=O)O[C@@H]2C[C@@]3(C)CCC[C@H](C)C3=C[C@H]12. The van der Waals surface area contributed by atoms with Crippen LogP contribution >= 0.6 is 0 Å². The summed E-state index contributed by atoms with van der Waals surface area (Å²) in [6.07, 6.45) is 12.9. The lowest BCUT2D eigenvalue weighted by Gasteiger charge is -2.49. The Hall–Kier alpha value is -2.10. The van der Waals surface area contributed by atoms with Crippen molar-refractivity contribution < 1.29 is 19.1 Å². The average Bonchev–Trinajstić information content (AvgIpc) is 3.19. The molecule has 184 valence electrons. The summed E-state index contributed by atoms with van der Waals surface area (Å²) in [7, 11) is 0. The summed E-state index contributed by atoms with van der Waals surface area (Å²) in [6.45, 7) is 19.0. The standard InChI is InChI=1S/2C15H20O2/c2*1-9-5-4-6-15(3)8-13-11(7-12(9)15)10(2)14(16)17-13/h7,9,11,13H,2,4-6,8H2,1,3H3;11-13H,1-2,4-8H2,3H3/t9-,11+,13+,15+;11-,12+,13-,15-/m01/s1. The third kappa shape index (κ3) is 3.72. The molecule has 5 fully saturated rings. The van der Waals surface area contributed by atoms with E-state index in [9.17, 15) is 9.59 Å². The number of carbonyl (C=O) groups excluding carboxylic acids is 2. The van der Waals surface area contributed by atoms with E-state index in [0.29, 0.717) is 28.4 Å². The summed E-state index contributed by atoms with van der Waals surface area (Å²) in [5.41, 5.74) is 4.82. The highest BCUT2D eigenvalue weighted by atomic mass is 16.6. The molecule has 4 heteroatoms. The van der Waals surface area contributed by atoms with Gasteiger partial charge >= 0.3 is 11.9 Å². The molecule has 34 heavy (non-hydrogen) atoms. The molecule has 0 spiro atoms. The van der Waals surface area contributed by atoms with Crippen molar-refractivity contribution in [1.29, 1.82) is 0 Å². The largest absolute Gasteiger partial charge is 0.458 e. The highest BCUT2D eigenvalue weighted by Gasteiger charge is 2.52. The van der Waals surface area contributed by atoms with E-state index in [1.165, 1.54) is 37.7 Å². The Morgan fingerprint density at radius 1 is 0.941 bits per heavy atom. The molecule has 8 atom stereocenters. The average molecular weight is 465 g/mol. The van der Waals surface area contributed by atoms with Crippen molar-refractivity contribution in [3.05, 3.63) is 48.1 Å². The molecule has 6 rings (SSSR count). The zero-order chi connectivity index (χ0) is 24.4. The lowest BCUT2D eigenvalue weighted by Crippen LogP contribution is -2.43. The Morgan fingerprint density at radius 2 is 1.65 bits per heavy atom. The van der Waals surface area contributed by atoms with Crippen molar-refractivity contribution in [2.45, 2.75) is 90.8 Å². The molecule has 0 aromatic rings. The predicted octanol–water partition coefficient (Wildman–Crippen LogP) is 6.48. The lowest BCUT2D eigenvalue weighted by atomic mass is 9.56. The Labute approximate surface area is 204 Å². The van der Waals surface area contributed by atoms with E-state index in [0.717, 1.165) is 25.7 Å². The van der Waals surface area contributed by atoms with Gasteiger partial charge < -0.3 is 9.47 Å². The smallest absolute Gasteiger partial charge is 0.334 e. The van der Waals surface area contributed by atoms with Crippen LogP contribution in [-0.2, 0) is 19.1 Å². The van der Waals surface area contributed by atoms with Crippen LogP contribution in [0.3, 0.4) is 0 Å². The van der Waals surface area contributed by atoms with Gasteiger partial charge in [-0.2, -0.15) is 0 Å². The van der Waals surface area contributed by atoms with Crippen LogP contribution in [0.1, 0.15) is 78.6 Å². The third-order valence-electron chi connectivity index (χ3n) is 10.1.